The number of amides is 1. The molecule has 0 aromatic carbocycles. The van der Waals surface area contributed by atoms with Crippen LogP contribution in [0.2, 0.25) is 0 Å². The van der Waals surface area contributed by atoms with Crippen LogP contribution in [0.15, 0.2) is 0 Å². The van der Waals surface area contributed by atoms with Crippen molar-refractivity contribution in [3.05, 3.63) is 0 Å². The Morgan fingerprint density at radius 2 is 2.12 bits per heavy atom. The van der Waals surface area contributed by atoms with E-state index in [1.807, 2.05) is 0 Å². The molecule has 1 amide bonds. The molecule has 4 nitrogen and oxygen atoms in total. The molecule has 4 N–H and O–H groups in total. The van der Waals surface area contributed by atoms with Crippen LogP contribution in [-0.4, -0.2) is 24.2 Å². The number of primary amides is 1. The highest BCUT2D eigenvalue weighted by Gasteiger charge is 2.41. The molecule has 0 radical (unpaired) electrons. The topological polar surface area (TPSA) is 78.3 Å². The van der Waals surface area contributed by atoms with Crippen LogP contribution in [-0.2, 0) is 9.53 Å². The molecule has 0 spiro atoms. The summed E-state index contributed by atoms with van der Waals surface area (Å²) in [5.41, 5.74) is 10.4. The molecule has 0 aromatic rings. The first-order valence-electron chi connectivity index (χ1n) is 6.30. The molecule has 0 heterocycles. The third-order valence-electron chi connectivity index (χ3n) is 4.10. The van der Waals surface area contributed by atoms with E-state index in [0.717, 1.165) is 25.4 Å². The maximum absolute atomic E-state index is 11.1. The normalized spacial score (nSPS) is 34.9. The third kappa shape index (κ3) is 2.55. The van der Waals surface area contributed by atoms with Crippen LogP contribution >= 0.6 is 0 Å². The van der Waals surface area contributed by atoms with E-state index in [-0.39, 0.29) is 6.10 Å². The van der Waals surface area contributed by atoms with Gasteiger partial charge in [0.2, 0.25) is 5.91 Å². The van der Waals surface area contributed by atoms with E-state index in [1.165, 1.54) is 19.3 Å². The summed E-state index contributed by atoms with van der Waals surface area (Å²) in [5, 5.41) is 0. The van der Waals surface area contributed by atoms with Gasteiger partial charge in [-0.2, -0.15) is 0 Å². The van der Waals surface area contributed by atoms with E-state index < -0.39 is 11.4 Å². The second-order valence-electron chi connectivity index (χ2n) is 5.34. The zero-order valence-corrected chi connectivity index (χ0v) is 9.78. The first-order valence-corrected chi connectivity index (χ1v) is 6.30. The summed E-state index contributed by atoms with van der Waals surface area (Å²) in [6.45, 7) is 0.810. The van der Waals surface area contributed by atoms with Gasteiger partial charge in [0, 0.05) is 13.0 Å². The van der Waals surface area contributed by atoms with Gasteiger partial charge in [-0.05, 0) is 25.2 Å². The van der Waals surface area contributed by atoms with E-state index in [4.69, 9.17) is 16.2 Å². The molecule has 2 unspecified atom stereocenters. The Labute approximate surface area is 96.7 Å². The molecular formula is C12H22N2O2. The predicted octanol–water partition coefficient (Wildman–Crippen LogP) is 0.928. The Bertz CT molecular complexity index is 266. The maximum atomic E-state index is 11.1. The first-order chi connectivity index (χ1) is 7.60. The second-order valence-corrected chi connectivity index (χ2v) is 5.34. The Morgan fingerprint density at radius 3 is 2.62 bits per heavy atom. The minimum atomic E-state index is -0.818. The Kier molecular flexibility index (Phi) is 3.50. The number of rotatable bonds is 5. The molecule has 0 saturated heterocycles. The highest BCUT2D eigenvalue weighted by Crippen LogP contribution is 2.32. The zero-order valence-electron chi connectivity index (χ0n) is 9.78. The van der Waals surface area contributed by atoms with Crippen molar-refractivity contribution in [3.63, 3.8) is 0 Å². The maximum Gasteiger partial charge on any atom is 0.237 e. The van der Waals surface area contributed by atoms with Gasteiger partial charge in [-0.1, -0.05) is 19.3 Å². The van der Waals surface area contributed by atoms with Crippen molar-refractivity contribution in [2.75, 3.05) is 6.61 Å². The summed E-state index contributed by atoms with van der Waals surface area (Å²) in [4.78, 5) is 11.1. The molecule has 2 saturated carbocycles. The summed E-state index contributed by atoms with van der Waals surface area (Å²) in [6, 6.07) is 0. The molecule has 16 heavy (non-hydrogen) atoms. The van der Waals surface area contributed by atoms with E-state index in [1.54, 1.807) is 0 Å². The average Bonchev–Trinajstić information content (AvgIpc) is 2.54. The number of carbonyl (C=O) groups is 1. The van der Waals surface area contributed by atoms with Crippen molar-refractivity contribution in [2.24, 2.45) is 17.4 Å². The highest BCUT2D eigenvalue weighted by molar-refractivity contribution is 5.84. The molecule has 2 aliphatic rings. The second kappa shape index (κ2) is 4.72. The minimum absolute atomic E-state index is 0.137. The van der Waals surface area contributed by atoms with E-state index in [2.05, 4.69) is 0 Å². The lowest BCUT2D eigenvalue weighted by Crippen LogP contribution is -2.50. The predicted molar refractivity (Wildman–Crippen MR) is 61.7 cm³/mol. The fourth-order valence-corrected chi connectivity index (χ4v) is 2.58. The van der Waals surface area contributed by atoms with Gasteiger partial charge in [0.05, 0.1) is 11.6 Å². The first kappa shape index (κ1) is 11.9. The fraction of sp³-hybridized carbons (Fsp3) is 0.917. The molecule has 92 valence electrons. The average molecular weight is 226 g/mol. The molecule has 2 aliphatic carbocycles. The molecule has 2 atom stereocenters. The summed E-state index contributed by atoms with van der Waals surface area (Å²) in [7, 11) is 0. The van der Waals surface area contributed by atoms with Gasteiger partial charge >= 0.3 is 0 Å². The van der Waals surface area contributed by atoms with E-state index in [9.17, 15) is 4.79 Å². The van der Waals surface area contributed by atoms with Crippen LogP contribution in [0.25, 0.3) is 0 Å². The van der Waals surface area contributed by atoms with Crippen molar-refractivity contribution in [3.8, 4) is 0 Å². The number of ether oxygens (including phenoxy) is 1. The summed E-state index contributed by atoms with van der Waals surface area (Å²) in [5.74, 6) is 0.484. The van der Waals surface area contributed by atoms with Crippen LogP contribution in [0, 0.1) is 5.92 Å². The number of hydrogen-bond acceptors (Lipinski definition) is 3. The van der Waals surface area contributed by atoms with Gasteiger partial charge in [-0.3, -0.25) is 4.79 Å². The van der Waals surface area contributed by atoms with Crippen molar-refractivity contribution >= 4 is 5.91 Å². The number of carbonyl (C=O) groups excluding carboxylic acids is 1. The molecule has 2 fully saturated rings. The molecule has 2 rings (SSSR count). The lowest BCUT2D eigenvalue weighted by molar-refractivity contribution is -0.123. The SMILES string of the molecule is NC(=O)C1(N)CCC(OCCC2CCC2)C1. The van der Waals surface area contributed by atoms with E-state index in [0.29, 0.717) is 12.8 Å². The Hall–Kier alpha value is -0.610. The quantitative estimate of drug-likeness (QED) is 0.732. The standard InChI is InChI=1S/C12H22N2O2/c13-11(15)12(14)6-4-10(8-12)16-7-5-9-2-1-3-9/h9-10H,1-8,14H2,(H2,13,15). The van der Waals surface area contributed by atoms with Gasteiger partial charge in [0.25, 0.3) is 0 Å². The van der Waals surface area contributed by atoms with Gasteiger partial charge in [0.1, 0.15) is 0 Å². The summed E-state index contributed by atoms with van der Waals surface area (Å²) < 4.78 is 5.77. The highest BCUT2D eigenvalue weighted by atomic mass is 16.5. The number of hydrogen-bond donors (Lipinski definition) is 2. The molecule has 0 aromatic heterocycles. The van der Waals surface area contributed by atoms with Crippen molar-refractivity contribution in [1.29, 1.82) is 0 Å². The van der Waals surface area contributed by atoms with Crippen molar-refractivity contribution in [1.82, 2.24) is 0 Å². The van der Waals surface area contributed by atoms with Gasteiger partial charge in [0.15, 0.2) is 0 Å². The largest absolute Gasteiger partial charge is 0.378 e. The van der Waals surface area contributed by atoms with Crippen LogP contribution in [0.4, 0.5) is 0 Å². The third-order valence-corrected chi connectivity index (χ3v) is 4.10. The molecule has 4 heteroatoms. The Balaban J connectivity index is 1.66. The van der Waals surface area contributed by atoms with E-state index >= 15 is 0 Å². The monoisotopic (exact) mass is 226 g/mol. The van der Waals surface area contributed by atoms with Gasteiger partial charge in [-0.15, -0.1) is 0 Å². The summed E-state index contributed by atoms with van der Waals surface area (Å²) in [6.07, 6.45) is 7.50. The fourth-order valence-electron chi connectivity index (χ4n) is 2.58. The molecule has 0 aliphatic heterocycles. The number of nitrogens with two attached hydrogens (primary N) is 2. The molecular weight excluding hydrogens is 204 g/mol. The van der Waals surface area contributed by atoms with Crippen LogP contribution < -0.4 is 11.5 Å². The molecule has 0 bridgehead atoms. The zero-order chi connectivity index (χ0) is 11.6. The smallest absolute Gasteiger partial charge is 0.237 e. The summed E-state index contributed by atoms with van der Waals surface area (Å²) >= 11 is 0. The lowest BCUT2D eigenvalue weighted by atomic mass is 9.83. The van der Waals surface area contributed by atoms with Gasteiger partial charge < -0.3 is 16.2 Å². The van der Waals surface area contributed by atoms with Crippen LogP contribution in [0.5, 0.6) is 0 Å². The van der Waals surface area contributed by atoms with Crippen molar-refractivity contribution < 1.29 is 9.53 Å². The van der Waals surface area contributed by atoms with Crippen molar-refractivity contribution in [2.45, 2.75) is 56.6 Å². The minimum Gasteiger partial charge on any atom is -0.378 e. The van der Waals surface area contributed by atoms with Crippen LogP contribution in [0.1, 0.15) is 44.9 Å². The lowest BCUT2D eigenvalue weighted by Gasteiger charge is -2.26. The van der Waals surface area contributed by atoms with Gasteiger partial charge in [-0.25, -0.2) is 0 Å². The Morgan fingerprint density at radius 1 is 1.38 bits per heavy atom. The van der Waals surface area contributed by atoms with Crippen LogP contribution in [0.3, 0.4) is 0 Å².